The van der Waals surface area contributed by atoms with E-state index in [0.717, 1.165) is 58.7 Å². The van der Waals surface area contributed by atoms with Crippen molar-refractivity contribution in [3.63, 3.8) is 0 Å². The van der Waals surface area contributed by atoms with Crippen LogP contribution in [-0.4, -0.2) is 113 Å². The standard InChI is InChI=1S/C62H92N4O14/c1-15-17-31-71-49-39-47(40-50(53(49)75-32-18-16-2)72-33-19-27-63-55(67)77-59(3,4)5)44-25-23-43-24-26-45(38-46(43)37-44)48-41-51(73-34-20-28-64-56(68)78-60(6,7)8)54(76-36-22-30-66-58(70)80-62(12,13)14)52(42-48)74-35-21-29-65-57(69)79-61(9,10)11/h23-26,37-42H,15-22,27-36H2,1-14H3,(H,63,67)(H,64,68)(H,65,69)(H,66,70). The molecule has 0 aliphatic rings. The molecular weight excluding hydrogens is 1020 g/mol. The van der Waals surface area contributed by atoms with Crippen molar-refractivity contribution >= 4 is 35.1 Å². The second-order valence-corrected chi connectivity index (χ2v) is 23.3. The minimum Gasteiger partial charge on any atom is -0.490 e. The number of amides is 4. The van der Waals surface area contributed by atoms with Gasteiger partial charge in [-0.25, -0.2) is 19.2 Å². The number of rotatable bonds is 30. The SMILES string of the molecule is CCCCOc1cc(-c2ccc3ccc(-c4cc(OCCCNC(=O)OC(C)(C)C)c(OCCCNC(=O)OC(C)(C)C)c(OCCCNC(=O)OC(C)(C)C)c4)cc3c2)cc(OCCCNC(=O)OC(C)(C)C)c1OCCCC. The fraction of sp³-hybridized carbons (Fsp3) is 0.581. The molecule has 0 bridgehead atoms. The Bertz CT molecular complexity index is 2530. The van der Waals surface area contributed by atoms with Gasteiger partial charge in [-0.3, -0.25) is 0 Å². The Kier molecular flexibility index (Phi) is 26.0. The highest BCUT2D eigenvalue weighted by molar-refractivity contribution is 5.92. The van der Waals surface area contributed by atoms with E-state index in [2.05, 4.69) is 65.4 Å². The van der Waals surface area contributed by atoms with Gasteiger partial charge in [-0.1, -0.05) is 51.0 Å². The Balaban J connectivity index is 1.75. The van der Waals surface area contributed by atoms with Crippen LogP contribution in [0.1, 0.15) is 148 Å². The monoisotopic (exact) mass is 1120 g/mol. The van der Waals surface area contributed by atoms with Crippen molar-refractivity contribution in [2.75, 3.05) is 65.8 Å². The molecule has 18 heteroatoms. The average Bonchev–Trinajstić information content (AvgIpc) is 3.34. The Morgan fingerprint density at radius 2 is 0.600 bits per heavy atom. The number of alkyl carbamates (subject to hydrolysis) is 4. The van der Waals surface area contributed by atoms with E-state index in [0.29, 0.717) is 106 Å². The Labute approximate surface area is 475 Å². The minimum absolute atomic E-state index is 0.191. The van der Waals surface area contributed by atoms with Crippen LogP contribution in [0, 0.1) is 0 Å². The molecule has 0 aliphatic carbocycles. The van der Waals surface area contributed by atoms with Gasteiger partial charge < -0.3 is 68.6 Å². The zero-order valence-electron chi connectivity index (χ0n) is 50.2. The molecule has 4 aromatic carbocycles. The minimum atomic E-state index is -0.646. The molecule has 0 saturated heterocycles. The van der Waals surface area contributed by atoms with Crippen LogP contribution < -0.4 is 49.7 Å². The topological polar surface area (TPSA) is 209 Å². The average molecular weight is 1120 g/mol. The van der Waals surface area contributed by atoms with Crippen molar-refractivity contribution in [1.29, 1.82) is 0 Å². The van der Waals surface area contributed by atoms with Gasteiger partial charge in [0.25, 0.3) is 0 Å². The molecule has 80 heavy (non-hydrogen) atoms. The lowest BCUT2D eigenvalue weighted by molar-refractivity contribution is 0.0512. The van der Waals surface area contributed by atoms with Crippen LogP contribution in [-0.2, 0) is 18.9 Å². The predicted molar refractivity (Wildman–Crippen MR) is 313 cm³/mol. The molecular formula is C62H92N4O14. The van der Waals surface area contributed by atoms with Gasteiger partial charge in [0.2, 0.25) is 11.5 Å². The fourth-order valence-corrected chi connectivity index (χ4v) is 7.48. The molecule has 4 rings (SSSR count). The fourth-order valence-electron chi connectivity index (χ4n) is 7.48. The van der Waals surface area contributed by atoms with E-state index in [4.69, 9.17) is 47.4 Å². The molecule has 0 spiro atoms. The third-order valence-electron chi connectivity index (χ3n) is 11.0. The number of nitrogens with one attached hydrogen (secondary N) is 4. The largest absolute Gasteiger partial charge is 0.490 e. The highest BCUT2D eigenvalue weighted by Crippen LogP contribution is 2.45. The van der Waals surface area contributed by atoms with Crippen molar-refractivity contribution in [2.24, 2.45) is 0 Å². The van der Waals surface area contributed by atoms with Crippen molar-refractivity contribution < 1.29 is 66.5 Å². The molecule has 0 fully saturated rings. The summed E-state index contributed by atoms with van der Waals surface area (Å²) < 4.78 is 60.4. The lowest BCUT2D eigenvalue weighted by atomic mass is 9.97. The van der Waals surface area contributed by atoms with Gasteiger partial charge in [0, 0.05) is 26.2 Å². The number of hydrogen-bond acceptors (Lipinski definition) is 14. The number of fused-ring (bicyclic) bond motifs is 1. The third-order valence-corrected chi connectivity index (χ3v) is 11.0. The maximum atomic E-state index is 12.5. The van der Waals surface area contributed by atoms with Gasteiger partial charge in [0.05, 0.1) is 39.6 Å². The number of hydrogen-bond donors (Lipinski definition) is 4. The van der Waals surface area contributed by atoms with Gasteiger partial charge in [0.15, 0.2) is 23.0 Å². The predicted octanol–water partition coefficient (Wildman–Crippen LogP) is 13.7. The smallest absolute Gasteiger partial charge is 0.407 e. The van der Waals surface area contributed by atoms with Crippen molar-refractivity contribution in [3.8, 4) is 56.8 Å². The summed E-state index contributed by atoms with van der Waals surface area (Å²) in [4.78, 5) is 49.7. The molecule has 0 radical (unpaired) electrons. The van der Waals surface area contributed by atoms with Crippen LogP contribution in [0.5, 0.6) is 34.5 Å². The van der Waals surface area contributed by atoms with Crippen LogP contribution in [0.2, 0.25) is 0 Å². The molecule has 0 saturated carbocycles. The van der Waals surface area contributed by atoms with Crippen LogP contribution in [0.25, 0.3) is 33.0 Å². The van der Waals surface area contributed by atoms with E-state index in [1.54, 1.807) is 62.3 Å². The summed E-state index contributed by atoms with van der Waals surface area (Å²) in [5.41, 5.74) is 0.883. The van der Waals surface area contributed by atoms with Crippen LogP contribution in [0.3, 0.4) is 0 Å². The van der Waals surface area contributed by atoms with E-state index >= 15 is 0 Å². The van der Waals surface area contributed by atoms with Crippen LogP contribution >= 0.6 is 0 Å². The first-order valence-electron chi connectivity index (χ1n) is 28.3. The number of benzene rings is 4. The van der Waals surface area contributed by atoms with Crippen LogP contribution in [0.4, 0.5) is 19.2 Å². The second-order valence-electron chi connectivity index (χ2n) is 23.3. The first kappa shape index (κ1) is 65.5. The Morgan fingerprint density at radius 1 is 0.338 bits per heavy atom. The van der Waals surface area contributed by atoms with Crippen molar-refractivity contribution in [2.45, 2.75) is 171 Å². The molecule has 4 aromatic rings. The number of carbonyl (C=O) groups is 4. The molecule has 0 aliphatic heterocycles. The summed E-state index contributed by atoms with van der Waals surface area (Å²) in [7, 11) is 0. The van der Waals surface area contributed by atoms with Gasteiger partial charge in [-0.2, -0.15) is 0 Å². The van der Waals surface area contributed by atoms with Gasteiger partial charge in [-0.15, -0.1) is 0 Å². The first-order chi connectivity index (χ1) is 37.7. The molecule has 4 amide bonds. The summed E-state index contributed by atoms with van der Waals surface area (Å²) in [6.07, 6.45) is 3.44. The van der Waals surface area contributed by atoms with E-state index in [1.807, 2.05) is 51.1 Å². The number of unbranched alkanes of at least 4 members (excludes halogenated alkanes) is 2. The first-order valence-corrected chi connectivity index (χ1v) is 28.3. The van der Waals surface area contributed by atoms with Crippen molar-refractivity contribution in [3.05, 3.63) is 60.7 Å². The molecule has 4 N–H and O–H groups in total. The Hall–Kier alpha value is -6.98. The highest BCUT2D eigenvalue weighted by Gasteiger charge is 2.23. The van der Waals surface area contributed by atoms with Crippen LogP contribution in [0.15, 0.2) is 60.7 Å². The lowest BCUT2D eigenvalue weighted by Gasteiger charge is -2.21. The van der Waals surface area contributed by atoms with E-state index < -0.39 is 46.8 Å². The Morgan fingerprint density at radius 3 is 0.875 bits per heavy atom. The van der Waals surface area contributed by atoms with E-state index in [9.17, 15) is 19.2 Å². The zero-order chi connectivity index (χ0) is 58.9. The lowest BCUT2D eigenvalue weighted by Crippen LogP contribution is -2.33. The third kappa shape index (κ3) is 25.4. The zero-order valence-corrected chi connectivity index (χ0v) is 50.2. The van der Waals surface area contributed by atoms with Gasteiger partial charge >= 0.3 is 24.4 Å². The summed E-state index contributed by atoms with van der Waals surface area (Å²) in [5, 5.41) is 13.1. The van der Waals surface area contributed by atoms with E-state index in [-0.39, 0.29) is 19.8 Å². The summed E-state index contributed by atoms with van der Waals surface area (Å²) in [5.74, 6) is 2.83. The van der Waals surface area contributed by atoms with Crippen molar-refractivity contribution in [1.82, 2.24) is 21.3 Å². The second kappa shape index (κ2) is 31.7. The van der Waals surface area contributed by atoms with Gasteiger partial charge in [0.1, 0.15) is 22.4 Å². The maximum Gasteiger partial charge on any atom is 0.407 e. The maximum absolute atomic E-state index is 12.5. The molecule has 0 heterocycles. The molecule has 18 nitrogen and oxygen atoms in total. The van der Waals surface area contributed by atoms with E-state index in [1.165, 1.54) is 0 Å². The normalized spacial score (nSPS) is 11.7. The highest BCUT2D eigenvalue weighted by atomic mass is 16.6. The number of carbonyl (C=O) groups excluding carboxylic acids is 4. The quantitative estimate of drug-likeness (QED) is 0.0283. The molecule has 0 unspecified atom stereocenters. The molecule has 0 atom stereocenters. The summed E-state index contributed by atoms with van der Waals surface area (Å²) in [6, 6.07) is 20.3. The molecule has 444 valence electrons. The molecule has 0 aromatic heterocycles. The number of ether oxygens (including phenoxy) is 10. The summed E-state index contributed by atoms with van der Waals surface area (Å²) in [6.45, 7) is 29.1. The van der Waals surface area contributed by atoms with Gasteiger partial charge in [-0.05, 0) is 191 Å². The summed E-state index contributed by atoms with van der Waals surface area (Å²) >= 11 is 0.